The second kappa shape index (κ2) is 6.78. The molecule has 1 aromatic rings. The molecule has 0 unspecified atom stereocenters. The van der Waals surface area contributed by atoms with Crippen molar-refractivity contribution in [3.05, 3.63) is 35.9 Å². The molecule has 0 atom stereocenters. The number of nitrogens with one attached hydrogen (secondary N) is 2. The van der Waals surface area contributed by atoms with Crippen LogP contribution in [0.1, 0.15) is 25.8 Å². The minimum absolute atomic E-state index is 0.374. The number of aliphatic carboxylic acids is 1. The molecule has 104 valence electrons. The van der Waals surface area contributed by atoms with Crippen molar-refractivity contribution in [1.29, 1.82) is 0 Å². The largest absolute Gasteiger partial charge is 0.480 e. The minimum atomic E-state index is -1.06. The molecular weight excluding hydrogens is 244 g/mol. The van der Waals surface area contributed by atoms with Crippen molar-refractivity contribution in [2.45, 2.75) is 32.2 Å². The lowest BCUT2D eigenvalue weighted by Gasteiger charge is -2.26. The molecule has 0 aromatic heterocycles. The van der Waals surface area contributed by atoms with Crippen LogP contribution in [0.5, 0.6) is 0 Å². The molecule has 2 amide bonds. The molecule has 5 nitrogen and oxygen atoms in total. The quantitative estimate of drug-likeness (QED) is 0.733. The second-order valence-corrected chi connectivity index (χ2v) is 5.07. The average molecular weight is 264 g/mol. The number of amides is 2. The molecule has 0 radical (unpaired) electrons. The number of carboxylic acid groups (broad SMARTS) is 1. The van der Waals surface area contributed by atoms with E-state index in [9.17, 15) is 9.59 Å². The predicted octanol–water partition coefficient (Wildman–Crippen LogP) is 1.78. The molecule has 3 N–H and O–H groups in total. The summed E-state index contributed by atoms with van der Waals surface area (Å²) in [5.74, 6) is -1.06. The van der Waals surface area contributed by atoms with Crippen LogP contribution in [0, 0.1) is 0 Å². The number of hydrogen-bond donors (Lipinski definition) is 3. The summed E-state index contributed by atoms with van der Waals surface area (Å²) in [7, 11) is 0. The Kier molecular flexibility index (Phi) is 5.36. The Morgan fingerprint density at radius 3 is 2.42 bits per heavy atom. The number of urea groups is 1. The van der Waals surface area contributed by atoms with Gasteiger partial charge in [-0.15, -0.1) is 0 Å². The summed E-state index contributed by atoms with van der Waals surface area (Å²) in [4.78, 5) is 21.8. The van der Waals surface area contributed by atoms with E-state index in [1.54, 1.807) is 0 Å². The zero-order valence-electron chi connectivity index (χ0n) is 11.3. The zero-order chi connectivity index (χ0) is 14.3. The summed E-state index contributed by atoms with van der Waals surface area (Å²) in [6.45, 7) is 3.45. The Balaban J connectivity index is 2.38. The number of aryl methyl sites for hydroxylation is 1. The molecule has 0 aliphatic carbocycles. The van der Waals surface area contributed by atoms with Crippen LogP contribution < -0.4 is 10.6 Å². The first-order valence-corrected chi connectivity index (χ1v) is 6.21. The average Bonchev–Trinajstić information content (AvgIpc) is 2.35. The van der Waals surface area contributed by atoms with Crippen molar-refractivity contribution in [1.82, 2.24) is 10.6 Å². The smallest absolute Gasteiger partial charge is 0.323 e. The number of carbonyl (C=O) groups excluding carboxylic acids is 1. The summed E-state index contributed by atoms with van der Waals surface area (Å²) in [6.07, 6.45) is 1.63. The Morgan fingerprint density at radius 1 is 1.21 bits per heavy atom. The van der Waals surface area contributed by atoms with Crippen molar-refractivity contribution >= 4 is 12.0 Å². The maximum absolute atomic E-state index is 11.5. The standard InChI is InChI=1S/C14H20N2O3/c1-14(2,16-13(19)15-10-12(17)18)9-8-11-6-4-3-5-7-11/h3-7H,8-10H2,1-2H3,(H,17,18)(H2,15,16,19). The van der Waals surface area contributed by atoms with Crippen molar-refractivity contribution < 1.29 is 14.7 Å². The van der Waals surface area contributed by atoms with Crippen LogP contribution >= 0.6 is 0 Å². The van der Waals surface area contributed by atoms with Gasteiger partial charge in [-0.3, -0.25) is 4.79 Å². The van der Waals surface area contributed by atoms with Crippen molar-refractivity contribution in [3.63, 3.8) is 0 Å². The third kappa shape index (κ3) is 6.45. The molecule has 0 fully saturated rings. The van der Waals surface area contributed by atoms with Gasteiger partial charge in [0.1, 0.15) is 6.54 Å². The van der Waals surface area contributed by atoms with Gasteiger partial charge in [-0.1, -0.05) is 30.3 Å². The maximum Gasteiger partial charge on any atom is 0.323 e. The topological polar surface area (TPSA) is 78.4 Å². The molecule has 0 saturated heterocycles. The first-order valence-electron chi connectivity index (χ1n) is 6.21. The highest BCUT2D eigenvalue weighted by molar-refractivity contribution is 5.80. The third-order valence-electron chi connectivity index (χ3n) is 2.73. The van der Waals surface area contributed by atoms with E-state index >= 15 is 0 Å². The summed E-state index contributed by atoms with van der Waals surface area (Å²) in [5, 5.41) is 13.5. The Hall–Kier alpha value is -2.04. The van der Waals surface area contributed by atoms with E-state index in [1.807, 2.05) is 44.2 Å². The second-order valence-electron chi connectivity index (χ2n) is 5.07. The first kappa shape index (κ1) is 15.0. The van der Waals surface area contributed by atoms with Gasteiger partial charge in [-0.05, 0) is 32.3 Å². The molecule has 0 heterocycles. The van der Waals surface area contributed by atoms with Gasteiger partial charge < -0.3 is 15.7 Å². The monoisotopic (exact) mass is 264 g/mol. The van der Waals surface area contributed by atoms with Crippen LogP contribution in [0.4, 0.5) is 4.79 Å². The normalized spacial score (nSPS) is 10.8. The van der Waals surface area contributed by atoms with E-state index < -0.39 is 17.5 Å². The van der Waals surface area contributed by atoms with Crippen LogP contribution in [-0.4, -0.2) is 29.2 Å². The number of carboxylic acids is 1. The summed E-state index contributed by atoms with van der Waals surface area (Å²) in [6, 6.07) is 9.55. The molecule has 0 bridgehead atoms. The molecule has 0 aliphatic rings. The fourth-order valence-corrected chi connectivity index (χ4v) is 1.67. The van der Waals surface area contributed by atoms with Crippen LogP contribution in [-0.2, 0) is 11.2 Å². The molecule has 5 heteroatoms. The van der Waals surface area contributed by atoms with Crippen molar-refractivity contribution in [3.8, 4) is 0 Å². The Labute approximate surface area is 113 Å². The van der Waals surface area contributed by atoms with Gasteiger partial charge in [0, 0.05) is 5.54 Å². The molecule has 0 spiro atoms. The van der Waals surface area contributed by atoms with Gasteiger partial charge >= 0.3 is 12.0 Å². The lowest BCUT2D eigenvalue weighted by Crippen LogP contribution is -2.49. The van der Waals surface area contributed by atoms with Gasteiger partial charge in [-0.2, -0.15) is 0 Å². The van der Waals surface area contributed by atoms with Gasteiger partial charge in [0.2, 0.25) is 0 Å². The number of hydrogen-bond acceptors (Lipinski definition) is 2. The van der Waals surface area contributed by atoms with E-state index in [-0.39, 0.29) is 6.54 Å². The molecule has 1 aromatic carbocycles. The fraction of sp³-hybridized carbons (Fsp3) is 0.429. The predicted molar refractivity (Wildman–Crippen MR) is 73.0 cm³/mol. The van der Waals surface area contributed by atoms with E-state index in [0.29, 0.717) is 0 Å². The summed E-state index contributed by atoms with van der Waals surface area (Å²) in [5.41, 5.74) is 0.821. The number of rotatable bonds is 6. The summed E-state index contributed by atoms with van der Waals surface area (Å²) >= 11 is 0. The van der Waals surface area contributed by atoms with Crippen molar-refractivity contribution in [2.75, 3.05) is 6.54 Å². The van der Waals surface area contributed by atoms with Gasteiger partial charge in [0.25, 0.3) is 0 Å². The number of carbonyl (C=O) groups is 2. The van der Waals surface area contributed by atoms with E-state index in [0.717, 1.165) is 12.8 Å². The lowest BCUT2D eigenvalue weighted by atomic mass is 9.95. The molecular formula is C14H20N2O3. The molecule has 0 saturated carbocycles. The minimum Gasteiger partial charge on any atom is -0.480 e. The van der Waals surface area contributed by atoms with E-state index in [2.05, 4.69) is 10.6 Å². The van der Waals surface area contributed by atoms with E-state index in [4.69, 9.17) is 5.11 Å². The highest BCUT2D eigenvalue weighted by atomic mass is 16.4. The van der Waals surface area contributed by atoms with Crippen LogP contribution in [0.25, 0.3) is 0 Å². The third-order valence-corrected chi connectivity index (χ3v) is 2.73. The molecule has 1 rings (SSSR count). The highest BCUT2D eigenvalue weighted by Crippen LogP contribution is 2.13. The zero-order valence-corrected chi connectivity index (χ0v) is 11.3. The van der Waals surface area contributed by atoms with Crippen LogP contribution in [0.2, 0.25) is 0 Å². The molecule has 19 heavy (non-hydrogen) atoms. The van der Waals surface area contributed by atoms with Crippen molar-refractivity contribution in [2.24, 2.45) is 0 Å². The highest BCUT2D eigenvalue weighted by Gasteiger charge is 2.20. The van der Waals surface area contributed by atoms with Gasteiger partial charge in [0.05, 0.1) is 0 Å². The Bertz CT molecular complexity index is 430. The molecule has 0 aliphatic heterocycles. The number of benzene rings is 1. The van der Waals surface area contributed by atoms with Crippen LogP contribution in [0.15, 0.2) is 30.3 Å². The Morgan fingerprint density at radius 2 is 1.84 bits per heavy atom. The van der Waals surface area contributed by atoms with Gasteiger partial charge in [0.15, 0.2) is 0 Å². The van der Waals surface area contributed by atoms with Crippen LogP contribution in [0.3, 0.4) is 0 Å². The van der Waals surface area contributed by atoms with E-state index in [1.165, 1.54) is 5.56 Å². The first-order chi connectivity index (χ1) is 8.89. The van der Waals surface area contributed by atoms with Gasteiger partial charge in [-0.25, -0.2) is 4.79 Å². The summed E-state index contributed by atoms with van der Waals surface area (Å²) < 4.78 is 0. The maximum atomic E-state index is 11.5. The SMILES string of the molecule is CC(C)(CCc1ccccc1)NC(=O)NCC(=O)O. The lowest BCUT2D eigenvalue weighted by molar-refractivity contribution is -0.135. The fourth-order valence-electron chi connectivity index (χ4n) is 1.67.